The first-order valence-corrected chi connectivity index (χ1v) is 10.0. The second-order valence-corrected chi connectivity index (χ2v) is 7.35. The summed E-state index contributed by atoms with van der Waals surface area (Å²) in [7, 11) is 1.60. The van der Waals surface area contributed by atoms with Gasteiger partial charge in [0.05, 0.1) is 20.3 Å². The fraction of sp³-hybridized carbons (Fsp3) is 0.261. The normalized spacial score (nSPS) is 16.6. The van der Waals surface area contributed by atoms with Gasteiger partial charge in [0.2, 0.25) is 5.82 Å². The molecule has 8 nitrogen and oxygen atoms in total. The molecule has 3 heterocycles. The van der Waals surface area contributed by atoms with Crippen molar-refractivity contribution >= 4 is 16.9 Å². The number of rotatable bonds is 4. The first-order valence-electron chi connectivity index (χ1n) is 10.0. The molecule has 0 spiro atoms. The molecule has 0 N–H and O–H groups in total. The van der Waals surface area contributed by atoms with Crippen molar-refractivity contribution in [2.24, 2.45) is 0 Å². The van der Waals surface area contributed by atoms with Crippen LogP contribution in [-0.4, -0.2) is 47.8 Å². The minimum Gasteiger partial charge on any atom is -0.497 e. The molecule has 1 saturated heterocycles. The van der Waals surface area contributed by atoms with Gasteiger partial charge < -0.3 is 23.3 Å². The van der Waals surface area contributed by atoms with Gasteiger partial charge in [-0.3, -0.25) is 4.79 Å². The molecule has 2 aromatic heterocycles. The molecule has 8 heteroatoms. The summed E-state index contributed by atoms with van der Waals surface area (Å²) in [6.07, 6.45) is -0.505. The van der Waals surface area contributed by atoms with E-state index >= 15 is 0 Å². The van der Waals surface area contributed by atoms with E-state index < -0.39 is 6.10 Å². The Morgan fingerprint density at radius 2 is 2.06 bits per heavy atom. The Hall–Kier alpha value is -3.65. The van der Waals surface area contributed by atoms with Crippen LogP contribution in [0.2, 0.25) is 0 Å². The minimum atomic E-state index is -0.505. The zero-order chi connectivity index (χ0) is 21.4. The topological polar surface area (TPSA) is 90.8 Å². The van der Waals surface area contributed by atoms with Gasteiger partial charge >= 0.3 is 0 Å². The molecular weight excluding hydrogens is 398 g/mol. The van der Waals surface area contributed by atoms with E-state index in [2.05, 4.69) is 10.1 Å². The lowest BCUT2D eigenvalue weighted by molar-refractivity contribution is -0.0374. The number of methoxy groups -OCH3 is 1. The van der Waals surface area contributed by atoms with Crippen molar-refractivity contribution in [1.82, 2.24) is 15.0 Å². The molecule has 2 aromatic carbocycles. The number of ether oxygens (including phenoxy) is 2. The number of fused-ring (bicyclic) bond motifs is 1. The van der Waals surface area contributed by atoms with Gasteiger partial charge in [-0.25, -0.2) is 0 Å². The molecule has 1 aliphatic heterocycles. The Balaban J connectivity index is 1.36. The average Bonchev–Trinajstić information content (AvgIpc) is 3.44. The first-order chi connectivity index (χ1) is 15.1. The monoisotopic (exact) mass is 419 g/mol. The van der Waals surface area contributed by atoms with E-state index in [1.165, 1.54) is 0 Å². The molecule has 0 saturated carbocycles. The lowest BCUT2D eigenvalue weighted by Crippen LogP contribution is -2.42. The van der Waals surface area contributed by atoms with Crippen molar-refractivity contribution in [3.8, 4) is 17.1 Å². The summed E-state index contributed by atoms with van der Waals surface area (Å²) in [4.78, 5) is 19.3. The van der Waals surface area contributed by atoms with E-state index in [4.69, 9.17) is 18.4 Å². The van der Waals surface area contributed by atoms with E-state index in [0.29, 0.717) is 48.5 Å². The van der Waals surface area contributed by atoms with Crippen LogP contribution in [0.3, 0.4) is 0 Å². The van der Waals surface area contributed by atoms with Crippen LogP contribution in [0.1, 0.15) is 28.1 Å². The number of aromatic nitrogens is 2. The van der Waals surface area contributed by atoms with Gasteiger partial charge in [0.15, 0.2) is 11.9 Å². The Bertz CT molecular complexity index is 1240. The number of morpholine rings is 1. The highest BCUT2D eigenvalue weighted by molar-refractivity contribution is 5.99. The molecule has 1 unspecified atom stereocenters. The van der Waals surface area contributed by atoms with Crippen molar-refractivity contribution in [3.05, 3.63) is 65.7 Å². The summed E-state index contributed by atoms with van der Waals surface area (Å²) in [5, 5.41) is 5.00. The molecule has 4 aromatic rings. The molecule has 1 atom stereocenters. The summed E-state index contributed by atoms with van der Waals surface area (Å²) in [5.41, 5.74) is 2.31. The third kappa shape index (κ3) is 3.55. The molecule has 158 valence electrons. The van der Waals surface area contributed by atoms with Crippen molar-refractivity contribution < 1.29 is 23.2 Å². The van der Waals surface area contributed by atoms with E-state index in [-0.39, 0.29) is 5.91 Å². The number of carbonyl (C=O) groups is 1. The standard InChI is InChI=1S/C23H21N3O5/c1-14-17-8-3-4-9-18(17)30-20(14)23(27)26-10-11-29-19(13-26)22-24-21(25-31-22)15-6-5-7-16(12-15)28-2/h3-9,12,19H,10-11,13H2,1-2H3. The molecule has 0 bridgehead atoms. The Morgan fingerprint density at radius 3 is 2.90 bits per heavy atom. The zero-order valence-corrected chi connectivity index (χ0v) is 17.2. The summed E-state index contributed by atoms with van der Waals surface area (Å²) < 4.78 is 22.4. The molecule has 0 radical (unpaired) electrons. The highest BCUT2D eigenvalue weighted by Gasteiger charge is 2.32. The highest BCUT2D eigenvalue weighted by Crippen LogP contribution is 2.29. The predicted octanol–water partition coefficient (Wildman–Crippen LogP) is 4.01. The highest BCUT2D eigenvalue weighted by atomic mass is 16.5. The largest absolute Gasteiger partial charge is 0.497 e. The van der Waals surface area contributed by atoms with E-state index in [1.807, 2.05) is 55.5 Å². The number of nitrogens with zero attached hydrogens (tertiary/aromatic N) is 3. The third-order valence-corrected chi connectivity index (χ3v) is 5.44. The zero-order valence-electron chi connectivity index (χ0n) is 17.2. The van der Waals surface area contributed by atoms with Crippen LogP contribution in [0, 0.1) is 6.92 Å². The number of furan rings is 1. The summed E-state index contributed by atoms with van der Waals surface area (Å²) in [5.74, 6) is 1.65. The van der Waals surface area contributed by atoms with Crippen LogP contribution in [0.15, 0.2) is 57.5 Å². The number of amides is 1. The van der Waals surface area contributed by atoms with Crippen molar-refractivity contribution in [2.45, 2.75) is 13.0 Å². The number of aryl methyl sites for hydroxylation is 1. The van der Waals surface area contributed by atoms with Crippen LogP contribution >= 0.6 is 0 Å². The Morgan fingerprint density at radius 1 is 1.19 bits per heavy atom. The number of hydrogen-bond acceptors (Lipinski definition) is 7. The Kier molecular flexibility index (Phi) is 4.91. The molecule has 1 amide bonds. The van der Waals surface area contributed by atoms with Crippen LogP contribution in [0.5, 0.6) is 5.75 Å². The number of carbonyl (C=O) groups excluding carboxylic acids is 1. The maximum atomic E-state index is 13.2. The van der Waals surface area contributed by atoms with Gasteiger partial charge in [-0.1, -0.05) is 35.5 Å². The van der Waals surface area contributed by atoms with E-state index in [0.717, 1.165) is 16.5 Å². The fourth-order valence-electron chi connectivity index (χ4n) is 3.75. The lowest BCUT2D eigenvalue weighted by atomic mass is 10.1. The van der Waals surface area contributed by atoms with Gasteiger partial charge in [-0.2, -0.15) is 4.98 Å². The average molecular weight is 419 g/mol. The predicted molar refractivity (Wildman–Crippen MR) is 112 cm³/mol. The van der Waals surface area contributed by atoms with E-state index in [1.54, 1.807) is 12.0 Å². The molecule has 31 heavy (non-hydrogen) atoms. The Labute approximate surface area is 178 Å². The maximum Gasteiger partial charge on any atom is 0.290 e. The second kappa shape index (κ2) is 7.88. The molecule has 1 aliphatic rings. The van der Waals surface area contributed by atoms with Crippen molar-refractivity contribution in [3.63, 3.8) is 0 Å². The molecular formula is C23H21N3O5. The number of benzene rings is 2. The second-order valence-electron chi connectivity index (χ2n) is 7.35. The van der Waals surface area contributed by atoms with Crippen molar-refractivity contribution in [2.75, 3.05) is 26.8 Å². The smallest absolute Gasteiger partial charge is 0.290 e. The lowest BCUT2D eigenvalue weighted by Gasteiger charge is -2.30. The van der Waals surface area contributed by atoms with Gasteiger partial charge in [0.1, 0.15) is 11.3 Å². The van der Waals surface area contributed by atoms with Crippen LogP contribution in [-0.2, 0) is 4.74 Å². The van der Waals surface area contributed by atoms with Gasteiger partial charge in [0, 0.05) is 23.1 Å². The van der Waals surface area contributed by atoms with Gasteiger partial charge in [0.25, 0.3) is 11.8 Å². The summed E-state index contributed by atoms with van der Waals surface area (Å²) in [6.45, 7) is 3.03. The van der Waals surface area contributed by atoms with E-state index in [9.17, 15) is 4.79 Å². The third-order valence-electron chi connectivity index (χ3n) is 5.44. The minimum absolute atomic E-state index is 0.172. The summed E-state index contributed by atoms with van der Waals surface area (Å²) >= 11 is 0. The maximum absolute atomic E-state index is 13.2. The van der Waals surface area contributed by atoms with Crippen LogP contribution < -0.4 is 4.74 Å². The quantitative estimate of drug-likeness (QED) is 0.493. The van der Waals surface area contributed by atoms with Crippen LogP contribution in [0.25, 0.3) is 22.4 Å². The fourth-order valence-corrected chi connectivity index (χ4v) is 3.75. The number of hydrogen-bond donors (Lipinski definition) is 0. The summed E-state index contributed by atoms with van der Waals surface area (Å²) in [6, 6.07) is 15.0. The molecule has 5 rings (SSSR count). The van der Waals surface area contributed by atoms with Crippen LogP contribution in [0.4, 0.5) is 0 Å². The molecule has 0 aliphatic carbocycles. The number of para-hydroxylation sites is 1. The first kappa shape index (κ1) is 19.3. The molecule has 1 fully saturated rings. The van der Waals surface area contributed by atoms with Gasteiger partial charge in [-0.05, 0) is 25.1 Å². The van der Waals surface area contributed by atoms with Gasteiger partial charge in [-0.15, -0.1) is 0 Å². The SMILES string of the molecule is COc1cccc(-c2noc(C3CN(C(=O)c4oc5ccccc5c4C)CCO3)n2)c1. The van der Waals surface area contributed by atoms with Crippen molar-refractivity contribution in [1.29, 1.82) is 0 Å².